The molecule has 0 saturated heterocycles. The van der Waals surface area contributed by atoms with Crippen molar-refractivity contribution in [1.82, 2.24) is 10.6 Å². The van der Waals surface area contributed by atoms with E-state index in [-0.39, 0.29) is 31.4 Å². The van der Waals surface area contributed by atoms with Gasteiger partial charge in [0.05, 0.1) is 5.41 Å². The Kier molecular flexibility index (Phi) is 7.51. The molecule has 1 atom stereocenters. The van der Waals surface area contributed by atoms with Crippen molar-refractivity contribution in [3.05, 3.63) is 59.7 Å². The van der Waals surface area contributed by atoms with Crippen LogP contribution in [0, 0.1) is 5.41 Å². The molecule has 2 aromatic carbocycles. The first-order valence-electron chi connectivity index (χ1n) is 10.9. The smallest absolute Gasteiger partial charge is 0.407 e. The molecule has 7 nitrogen and oxygen atoms in total. The zero-order chi connectivity index (χ0) is 23.1. The third-order valence-electron chi connectivity index (χ3n) is 6.17. The van der Waals surface area contributed by atoms with E-state index in [4.69, 9.17) is 4.74 Å². The van der Waals surface area contributed by atoms with Crippen molar-refractivity contribution >= 4 is 18.0 Å². The molecule has 3 N–H and O–H groups in total. The molecule has 2 aromatic rings. The maximum Gasteiger partial charge on any atom is 0.407 e. The topological polar surface area (TPSA) is 105 Å². The van der Waals surface area contributed by atoms with Crippen LogP contribution >= 0.6 is 0 Å². The van der Waals surface area contributed by atoms with Crippen LogP contribution in [0.15, 0.2) is 48.5 Å². The Morgan fingerprint density at radius 2 is 1.59 bits per heavy atom. The summed E-state index contributed by atoms with van der Waals surface area (Å²) in [6.45, 7) is 4.00. The third kappa shape index (κ3) is 5.28. The maximum atomic E-state index is 12.1. The van der Waals surface area contributed by atoms with E-state index >= 15 is 0 Å². The molecular formula is C25H30N2O5. The largest absolute Gasteiger partial charge is 0.481 e. The number of rotatable bonds is 10. The molecule has 1 aliphatic rings. The molecule has 7 heteroatoms. The zero-order valence-corrected chi connectivity index (χ0v) is 18.5. The van der Waals surface area contributed by atoms with Gasteiger partial charge < -0.3 is 20.5 Å². The van der Waals surface area contributed by atoms with Gasteiger partial charge in [-0.3, -0.25) is 9.59 Å². The molecule has 0 fully saturated rings. The van der Waals surface area contributed by atoms with Crippen LogP contribution < -0.4 is 10.6 Å². The highest BCUT2D eigenvalue weighted by atomic mass is 16.5. The Labute approximate surface area is 188 Å². The monoisotopic (exact) mass is 438 g/mol. The minimum atomic E-state index is -0.977. The number of ether oxygens (including phenoxy) is 1. The van der Waals surface area contributed by atoms with Crippen LogP contribution in [0.1, 0.15) is 50.2 Å². The van der Waals surface area contributed by atoms with Gasteiger partial charge in [0.1, 0.15) is 6.61 Å². The second kappa shape index (κ2) is 10.3. The van der Waals surface area contributed by atoms with E-state index in [0.717, 1.165) is 11.1 Å². The average Bonchev–Trinajstić information content (AvgIpc) is 3.12. The molecule has 2 amide bonds. The van der Waals surface area contributed by atoms with Gasteiger partial charge in [-0.05, 0) is 42.0 Å². The van der Waals surface area contributed by atoms with Crippen molar-refractivity contribution in [3.8, 4) is 11.1 Å². The van der Waals surface area contributed by atoms with Gasteiger partial charge >= 0.3 is 12.1 Å². The standard InChI is InChI=1S/C25H30N2O5/c1-3-25(2,23(29)30)16-27-22(28)13-8-14-26-24(31)32-15-21-19-11-6-4-9-17(19)18-10-5-7-12-20(18)21/h4-7,9-12,21H,3,8,13-16H2,1-2H3,(H,26,31)(H,27,28)(H,29,30). The number of aliphatic carboxylic acids is 1. The fourth-order valence-corrected chi connectivity index (χ4v) is 3.82. The molecule has 0 bridgehead atoms. The predicted octanol–water partition coefficient (Wildman–Crippen LogP) is 3.92. The lowest BCUT2D eigenvalue weighted by atomic mass is 9.87. The maximum absolute atomic E-state index is 12.1. The Morgan fingerprint density at radius 1 is 1.00 bits per heavy atom. The second-order valence-corrected chi connectivity index (χ2v) is 8.35. The number of carboxylic acid groups (broad SMARTS) is 1. The van der Waals surface area contributed by atoms with Gasteiger partial charge in [0.15, 0.2) is 0 Å². The fraction of sp³-hybridized carbons (Fsp3) is 0.400. The second-order valence-electron chi connectivity index (χ2n) is 8.35. The first kappa shape index (κ1) is 23.3. The SMILES string of the molecule is CCC(C)(CNC(=O)CCCNC(=O)OCC1c2ccccc2-c2ccccc21)C(=O)O. The van der Waals surface area contributed by atoms with Crippen LogP contribution in [0.5, 0.6) is 0 Å². The lowest BCUT2D eigenvalue weighted by Crippen LogP contribution is -2.40. The molecule has 0 saturated carbocycles. The van der Waals surface area contributed by atoms with Gasteiger partial charge in [-0.2, -0.15) is 0 Å². The minimum Gasteiger partial charge on any atom is -0.481 e. The van der Waals surface area contributed by atoms with Crippen molar-refractivity contribution in [2.75, 3.05) is 19.7 Å². The van der Waals surface area contributed by atoms with Crippen molar-refractivity contribution in [2.24, 2.45) is 5.41 Å². The summed E-state index contributed by atoms with van der Waals surface area (Å²) >= 11 is 0. The molecule has 170 valence electrons. The number of carbonyl (C=O) groups is 3. The van der Waals surface area contributed by atoms with Crippen molar-refractivity contribution in [2.45, 2.75) is 39.0 Å². The highest BCUT2D eigenvalue weighted by molar-refractivity contribution is 5.80. The first-order chi connectivity index (χ1) is 15.4. The zero-order valence-electron chi connectivity index (χ0n) is 18.5. The van der Waals surface area contributed by atoms with Crippen LogP contribution in [-0.2, 0) is 14.3 Å². The van der Waals surface area contributed by atoms with E-state index in [0.29, 0.717) is 19.4 Å². The average molecular weight is 439 g/mol. The van der Waals surface area contributed by atoms with Gasteiger partial charge in [0.25, 0.3) is 0 Å². The van der Waals surface area contributed by atoms with E-state index < -0.39 is 17.5 Å². The summed E-state index contributed by atoms with van der Waals surface area (Å²) in [6.07, 6.45) is 0.540. The third-order valence-corrected chi connectivity index (χ3v) is 6.17. The molecular weight excluding hydrogens is 408 g/mol. The van der Waals surface area contributed by atoms with Crippen molar-refractivity contribution in [3.63, 3.8) is 0 Å². The fourth-order valence-electron chi connectivity index (χ4n) is 3.82. The van der Waals surface area contributed by atoms with Gasteiger partial charge in [0.2, 0.25) is 5.91 Å². The van der Waals surface area contributed by atoms with E-state index in [1.807, 2.05) is 24.3 Å². The lowest BCUT2D eigenvalue weighted by Gasteiger charge is -2.23. The summed E-state index contributed by atoms with van der Waals surface area (Å²) in [5.41, 5.74) is 3.67. The first-order valence-corrected chi connectivity index (χ1v) is 10.9. The summed E-state index contributed by atoms with van der Waals surface area (Å²) in [6, 6.07) is 16.3. The molecule has 0 aliphatic heterocycles. The van der Waals surface area contributed by atoms with Crippen LogP contribution in [-0.4, -0.2) is 42.8 Å². The number of benzene rings is 2. The number of carboxylic acids is 1. The van der Waals surface area contributed by atoms with Crippen molar-refractivity contribution < 1.29 is 24.2 Å². The Bertz CT molecular complexity index is 944. The molecule has 0 aromatic heterocycles. The van der Waals surface area contributed by atoms with E-state index in [1.165, 1.54) is 11.1 Å². The number of amides is 2. The highest BCUT2D eigenvalue weighted by Crippen LogP contribution is 2.44. The molecule has 1 aliphatic carbocycles. The summed E-state index contributed by atoms with van der Waals surface area (Å²) in [7, 11) is 0. The number of carbonyl (C=O) groups excluding carboxylic acids is 2. The number of alkyl carbamates (subject to hydrolysis) is 1. The Morgan fingerprint density at radius 3 is 2.16 bits per heavy atom. The number of hydrogen-bond acceptors (Lipinski definition) is 4. The summed E-state index contributed by atoms with van der Waals surface area (Å²) < 4.78 is 5.46. The molecule has 1 unspecified atom stereocenters. The molecule has 0 radical (unpaired) electrons. The number of hydrogen-bond donors (Lipinski definition) is 3. The van der Waals surface area contributed by atoms with Gasteiger partial charge in [-0.25, -0.2) is 4.79 Å². The normalized spacial score (nSPS) is 14.1. The molecule has 0 heterocycles. The van der Waals surface area contributed by atoms with Crippen LogP contribution in [0.25, 0.3) is 11.1 Å². The molecule has 0 spiro atoms. The van der Waals surface area contributed by atoms with Crippen LogP contribution in [0.3, 0.4) is 0 Å². The number of nitrogens with one attached hydrogen (secondary N) is 2. The van der Waals surface area contributed by atoms with Crippen molar-refractivity contribution in [1.29, 1.82) is 0 Å². The highest BCUT2D eigenvalue weighted by Gasteiger charge is 2.31. The Balaban J connectivity index is 1.40. The minimum absolute atomic E-state index is 0.000962. The molecule has 3 rings (SSSR count). The van der Waals surface area contributed by atoms with E-state index in [9.17, 15) is 19.5 Å². The lowest BCUT2D eigenvalue weighted by molar-refractivity contribution is -0.148. The van der Waals surface area contributed by atoms with E-state index in [2.05, 4.69) is 34.9 Å². The quantitative estimate of drug-likeness (QED) is 0.488. The Hall–Kier alpha value is -3.35. The van der Waals surface area contributed by atoms with Gasteiger partial charge in [0, 0.05) is 25.4 Å². The summed E-state index contributed by atoms with van der Waals surface area (Å²) in [4.78, 5) is 35.4. The number of fused-ring (bicyclic) bond motifs is 3. The van der Waals surface area contributed by atoms with Gasteiger partial charge in [-0.1, -0.05) is 55.5 Å². The van der Waals surface area contributed by atoms with Crippen LogP contribution in [0.2, 0.25) is 0 Å². The molecule has 32 heavy (non-hydrogen) atoms. The summed E-state index contributed by atoms with van der Waals surface area (Å²) in [5.74, 6) is -1.17. The summed E-state index contributed by atoms with van der Waals surface area (Å²) in [5, 5.41) is 14.6. The van der Waals surface area contributed by atoms with E-state index in [1.54, 1.807) is 13.8 Å². The van der Waals surface area contributed by atoms with Crippen LogP contribution in [0.4, 0.5) is 4.79 Å². The van der Waals surface area contributed by atoms with Gasteiger partial charge in [-0.15, -0.1) is 0 Å². The predicted molar refractivity (Wildman–Crippen MR) is 121 cm³/mol.